The van der Waals surface area contributed by atoms with E-state index in [9.17, 15) is 14.4 Å². The molecule has 0 aliphatic carbocycles. The average Bonchev–Trinajstić information content (AvgIpc) is 2.80. The Morgan fingerprint density at radius 2 is 1.88 bits per heavy atom. The molecule has 0 bridgehead atoms. The van der Waals surface area contributed by atoms with Crippen molar-refractivity contribution in [1.29, 1.82) is 0 Å². The number of thioether (sulfide) groups is 1. The van der Waals surface area contributed by atoms with E-state index in [-0.39, 0.29) is 17.4 Å². The molecule has 174 valence electrons. The van der Waals surface area contributed by atoms with Gasteiger partial charge in [0.05, 0.1) is 35.9 Å². The molecular formula is C24H27N3O5S. The fraction of sp³-hybridized carbons (Fsp3) is 0.333. The number of carbonyl (C=O) groups excluding carboxylic acids is 2. The van der Waals surface area contributed by atoms with Gasteiger partial charge in [-0.3, -0.25) is 14.2 Å². The largest absolute Gasteiger partial charge is 0.497 e. The van der Waals surface area contributed by atoms with Gasteiger partial charge >= 0.3 is 5.97 Å². The Morgan fingerprint density at radius 1 is 1.12 bits per heavy atom. The monoisotopic (exact) mass is 469 g/mol. The van der Waals surface area contributed by atoms with E-state index >= 15 is 0 Å². The molecule has 0 aliphatic heterocycles. The molecule has 0 aliphatic rings. The number of aromatic nitrogens is 2. The quantitative estimate of drug-likeness (QED) is 0.303. The molecule has 1 N–H and O–H groups in total. The number of benzene rings is 2. The molecule has 1 amide bonds. The minimum Gasteiger partial charge on any atom is -0.497 e. The molecule has 0 radical (unpaired) electrons. The summed E-state index contributed by atoms with van der Waals surface area (Å²) < 4.78 is 11.6. The summed E-state index contributed by atoms with van der Waals surface area (Å²) in [6.45, 7) is 6.21. The van der Waals surface area contributed by atoms with E-state index in [2.05, 4.69) is 10.3 Å². The lowest BCUT2D eigenvalue weighted by Gasteiger charge is -2.18. The molecule has 0 saturated carbocycles. The van der Waals surface area contributed by atoms with Crippen molar-refractivity contribution in [3.63, 3.8) is 0 Å². The van der Waals surface area contributed by atoms with E-state index < -0.39 is 11.2 Å². The number of hydrogen-bond acceptors (Lipinski definition) is 7. The molecule has 2 aromatic carbocycles. The van der Waals surface area contributed by atoms with Crippen LogP contribution in [0.2, 0.25) is 0 Å². The fourth-order valence-corrected chi connectivity index (χ4v) is 4.14. The van der Waals surface area contributed by atoms with E-state index in [0.29, 0.717) is 39.6 Å². The molecule has 0 unspecified atom stereocenters. The summed E-state index contributed by atoms with van der Waals surface area (Å²) >= 11 is 1.19. The lowest BCUT2D eigenvalue weighted by atomic mass is 10.1. The van der Waals surface area contributed by atoms with Gasteiger partial charge in [0.2, 0.25) is 5.91 Å². The zero-order chi connectivity index (χ0) is 24.1. The Kier molecular flexibility index (Phi) is 7.75. The molecule has 33 heavy (non-hydrogen) atoms. The molecule has 9 heteroatoms. The summed E-state index contributed by atoms with van der Waals surface area (Å²) in [5.74, 6) is 0.0837. The highest BCUT2D eigenvalue weighted by Crippen LogP contribution is 2.25. The summed E-state index contributed by atoms with van der Waals surface area (Å²) in [5.41, 5.74) is 1.08. The number of ether oxygens (including phenoxy) is 2. The number of nitrogens with zero attached hydrogens (tertiary/aromatic N) is 2. The SMILES string of the molecule is COC(=O)c1ccc2c(=O)n(CC(C)C)c(S[C@@H](C)C(=O)Nc3cccc(OC)c3)nc2c1. The van der Waals surface area contributed by atoms with Crippen LogP contribution in [0.1, 0.15) is 31.1 Å². The highest BCUT2D eigenvalue weighted by molar-refractivity contribution is 8.00. The summed E-state index contributed by atoms with van der Waals surface area (Å²) in [4.78, 5) is 42.6. The number of anilines is 1. The molecular weight excluding hydrogens is 442 g/mol. The molecule has 8 nitrogen and oxygen atoms in total. The predicted octanol–water partition coefficient (Wildman–Crippen LogP) is 3.97. The van der Waals surface area contributed by atoms with Crippen LogP contribution in [0.3, 0.4) is 0 Å². The van der Waals surface area contributed by atoms with Crippen molar-refractivity contribution in [1.82, 2.24) is 9.55 Å². The third kappa shape index (κ3) is 5.73. The first-order valence-electron chi connectivity index (χ1n) is 10.5. The number of methoxy groups -OCH3 is 2. The second kappa shape index (κ2) is 10.5. The third-order valence-corrected chi connectivity index (χ3v) is 5.97. The number of carbonyl (C=O) groups is 2. The van der Waals surface area contributed by atoms with Crippen molar-refractivity contribution < 1.29 is 19.1 Å². The Hall–Kier alpha value is -3.33. The van der Waals surface area contributed by atoms with E-state index in [1.165, 1.54) is 24.9 Å². The van der Waals surface area contributed by atoms with Crippen LogP contribution in [0.25, 0.3) is 10.9 Å². The van der Waals surface area contributed by atoms with Gasteiger partial charge < -0.3 is 14.8 Å². The lowest BCUT2D eigenvalue weighted by molar-refractivity contribution is -0.115. The third-order valence-electron chi connectivity index (χ3n) is 4.88. The zero-order valence-electron chi connectivity index (χ0n) is 19.2. The Bertz CT molecular complexity index is 1240. The molecule has 0 saturated heterocycles. The number of nitrogens with one attached hydrogen (secondary N) is 1. The van der Waals surface area contributed by atoms with Crippen LogP contribution in [0.5, 0.6) is 5.75 Å². The first-order chi connectivity index (χ1) is 15.7. The van der Waals surface area contributed by atoms with Crippen LogP contribution in [0.15, 0.2) is 52.4 Å². The summed E-state index contributed by atoms with van der Waals surface area (Å²) in [7, 11) is 2.86. The number of rotatable bonds is 8. The van der Waals surface area contributed by atoms with Gasteiger partial charge in [-0.15, -0.1) is 0 Å². The highest BCUT2D eigenvalue weighted by Gasteiger charge is 2.21. The van der Waals surface area contributed by atoms with Gasteiger partial charge in [0.15, 0.2) is 5.16 Å². The van der Waals surface area contributed by atoms with Crippen molar-refractivity contribution >= 4 is 40.2 Å². The first-order valence-corrected chi connectivity index (χ1v) is 11.4. The molecule has 1 heterocycles. The number of esters is 1. The van der Waals surface area contributed by atoms with Gasteiger partial charge in [0.25, 0.3) is 5.56 Å². The zero-order valence-corrected chi connectivity index (χ0v) is 20.1. The van der Waals surface area contributed by atoms with Gasteiger partial charge in [-0.25, -0.2) is 9.78 Å². The molecule has 3 aromatic rings. The van der Waals surface area contributed by atoms with Crippen molar-refractivity contribution in [2.75, 3.05) is 19.5 Å². The van der Waals surface area contributed by atoms with Gasteiger partial charge in [-0.2, -0.15) is 0 Å². The van der Waals surface area contributed by atoms with Gasteiger partial charge in [-0.1, -0.05) is 31.7 Å². The van der Waals surface area contributed by atoms with Gasteiger partial charge in [0.1, 0.15) is 5.75 Å². The maximum atomic E-state index is 13.2. The topological polar surface area (TPSA) is 99.5 Å². The normalized spacial score (nSPS) is 11.9. The van der Waals surface area contributed by atoms with Crippen LogP contribution in [0.4, 0.5) is 5.69 Å². The average molecular weight is 470 g/mol. The fourth-order valence-electron chi connectivity index (χ4n) is 3.22. The van der Waals surface area contributed by atoms with Crippen LogP contribution >= 0.6 is 11.8 Å². The van der Waals surface area contributed by atoms with Crippen LogP contribution in [-0.2, 0) is 16.1 Å². The second-order valence-electron chi connectivity index (χ2n) is 7.91. The molecule has 1 aromatic heterocycles. The van der Waals surface area contributed by atoms with Crippen molar-refractivity contribution in [3.8, 4) is 5.75 Å². The Balaban J connectivity index is 1.95. The first kappa shape index (κ1) is 24.3. The summed E-state index contributed by atoms with van der Waals surface area (Å²) in [6.07, 6.45) is 0. The van der Waals surface area contributed by atoms with Crippen LogP contribution < -0.4 is 15.6 Å². The van der Waals surface area contributed by atoms with E-state index in [4.69, 9.17) is 9.47 Å². The van der Waals surface area contributed by atoms with E-state index in [0.717, 1.165) is 0 Å². The van der Waals surface area contributed by atoms with Gasteiger partial charge in [-0.05, 0) is 43.2 Å². The van der Waals surface area contributed by atoms with Crippen LogP contribution in [-0.4, -0.2) is 40.9 Å². The lowest BCUT2D eigenvalue weighted by Crippen LogP contribution is -2.28. The maximum Gasteiger partial charge on any atom is 0.337 e. The van der Waals surface area contributed by atoms with Crippen molar-refractivity contribution in [3.05, 3.63) is 58.4 Å². The number of fused-ring (bicyclic) bond motifs is 1. The van der Waals surface area contributed by atoms with Crippen molar-refractivity contribution in [2.45, 2.75) is 37.7 Å². The summed E-state index contributed by atoms with van der Waals surface area (Å²) in [6, 6.07) is 11.8. The number of hydrogen-bond donors (Lipinski definition) is 1. The maximum absolute atomic E-state index is 13.2. The Labute approximate surface area is 196 Å². The standard InChI is InChI=1S/C24H27N3O5S/c1-14(2)13-27-22(29)19-10-9-16(23(30)32-5)11-20(19)26-24(27)33-15(3)21(28)25-17-7-6-8-18(12-17)31-4/h6-12,14-15H,13H2,1-5H3,(H,25,28)/t15-/m0/s1. The van der Waals surface area contributed by atoms with Gasteiger partial charge in [0, 0.05) is 18.3 Å². The van der Waals surface area contributed by atoms with Crippen molar-refractivity contribution in [2.24, 2.45) is 5.92 Å². The number of amides is 1. The molecule has 0 spiro atoms. The smallest absolute Gasteiger partial charge is 0.337 e. The minimum absolute atomic E-state index is 0.191. The molecule has 1 atom stereocenters. The molecule has 0 fully saturated rings. The molecule has 3 rings (SSSR count). The summed E-state index contributed by atoms with van der Waals surface area (Å²) in [5, 5.41) is 3.14. The van der Waals surface area contributed by atoms with E-state index in [1.54, 1.807) is 55.0 Å². The van der Waals surface area contributed by atoms with Crippen LogP contribution in [0, 0.1) is 5.92 Å². The highest BCUT2D eigenvalue weighted by atomic mass is 32.2. The second-order valence-corrected chi connectivity index (χ2v) is 9.22. The Morgan fingerprint density at radius 3 is 2.55 bits per heavy atom. The van der Waals surface area contributed by atoms with E-state index in [1.807, 2.05) is 13.8 Å². The predicted molar refractivity (Wildman–Crippen MR) is 129 cm³/mol. The minimum atomic E-state index is -0.539.